The summed E-state index contributed by atoms with van der Waals surface area (Å²) in [5, 5.41) is 4.18. The Morgan fingerprint density at radius 3 is 2.26 bits per heavy atom. The first-order valence-electron chi connectivity index (χ1n) is 11.7. The van der Waals surface area contributed by atoms with E-state index in [0.717, 1.165) is 40.3 Å². The molecule has 5 nitrogen and oxygen atoms in total. The predicted molar refractivity (Wildman–Crippen MR) is 137 cm³/mol. The highest BCUT2D eigenvalue weighted by atomic mass is 19.4. The van der Waals surface area contributed by atoms with Gasteiger partial charge < -0.3 is 18.9 Å². The fraction of sp³-hybridized carbons (Fsp3) is 0.207. The molecule has 0 spiro atoms. The third kappa shape index (κ3) is 5.66. The molecule has 1 heterocycles. The van der Waals surface area contributed by atoms with Gasteiger partial charge in [-0.3, -0.25) is 0 Å². The molecule has 1 aromatic heterocycles. The summed E-state index contributed by atoms with van der Waals surface area (Å²) in [4.78, 5) is 5.43. The van der Waals surface area contributed by atoms with E-state index in [4.69, 9.17) is 14.3 Å². The minimum atomic E-state index is -4.43. The zero-order valence-corrected chi connectivity index (χ0v) is 21.3. The summed E-state index contributed by atoms with van der Waals surface area (Å²) in [6.07, 6.45) is -4.43. The van der Waals surface area contributed by atoms with Crippen LogP contribution in [0.5, 0.6) is 11.5 Å². The fourth-order valence-electron chi connectivity index (χ4n) is 4.19. The Morgan fingerprint density at radius 2 is 1.61 bits per heavy atom. The van der Waals surface area contributed by atoms with Crippen LogP contribution < -0.4 is 9.47 Å². The molecule has 0 amide bonds. The Kier molecular flexibility index (Phi) is 7.75. The standard InChI is InChI=1S/C29H26F4N2O3/c1-18(34-38-17-20-6-5-7-22(14-20)29(31,32)33)25-16-26(21-8-10-23(30)11-9-21)35(19(25)2)24-12-13-27(36-3)28(15-24)37-4/h5-16H,17H2,1-4H3. The SMILES string of the molecule is COc1ccc(-n2c(-c3ccc(F)cc3)cc(C(C)=NOCc3cccc(C(F)(F)F)c3)c2C)cc1OC. The van der Waals surface area contributed by atoms with Crippen LogP contribution in [0.3, 0.4) is 0 Å². The van der Waals surface area contributed by atoms with Crippen molar-refractivity contribution in [1.82, 2.24) is 4.57 Å². The Hall–Kier alpha value is -4.27. The van der Waals surface area contributed by atoms with Crippen LogP contribution in [0, 0.1) is 12.7 Å². The molecule has 4 aromatic rings. The van der Waals surface area contributed by atoms with Crippen LogP contribution >= 0.6 is 0 Å². The number of methoxy groups -OCH3 is 2. The van der Waals surface area contributed by atoms with Gasteiger partial charge in [0.1, 0.15) is 12.4 Å². The van der Waals surface area contributed by atoms with E-state index in [2.05, 4.69) is 5.16 Å². The summed E-state index contributed by atoms with van der Waals surface area (Å²) in [5.74, 6) is 0.764. The lowest BCUT2D eigenvalue weighted by Crippen LogP contribution is -2.05. The number of ether oxygens (including phenoxy) is 2. The monoisotopic (exact) mass is 526 g/mol. The molecular weight excluding hydrogens is 500 g/mol. The second-order valence-corrected chi connectivity index (χ2v) is 8.56. The van der Waals surface area contributed by atoms with Crippen LogP contribution in [0.15, 0.2) is 78.0 Å². The minimum Gasteiger partial charge on any atom is -0.493 e. The molecule has 0 N–H and O–H groups in total. The van der Waals surface area contributed by atoms with Gasteiger partial charge in [-0.2, -0.15) is 13.2 Å². The van der Waals surface area contributed by atoms with E-state index in [9.17, 15) is 17.6 Å². The van der Waals surface area contributed by atoms with Crippen LogP contribution in [0.2, 0.25) is 0 Å². The highest BCUT2D eigenvalue weighted by Gasteiger charge is 2.30. The van der Waals surface area contributed by atoms with Gasteiger partial charge in [-0.05, 0) is 79.6 Å². The number of hydrogen-bond donors (Lipinski definition) is 0. The minimum absolute atomic E-state index is 0.123. The second kappa shape index (κ2) is 11.0. The molecule has 0 saturated carbocycles. The molecule has 0 aliphatic rings. The molecule has 4 rings (SSSR count). The van der Waals surface area contributed by atoms with Crippen molar-refractivity contribution in [3.63, 3.8) is 0 Å². The van der Waals surface area contributed by atoms with Gasteiger partial charge in [-0.1, -0.05) is 17.3 Å². The molecule has 0 atom stereocenters. The lowest BCUT2D eigenvalue weighted by atomic mass is 10.1. The quantitative estimate of drug-likeness (QED) is 0.135. The summed E-state index contributed by atoms with van der Waals surface area (Å²) in [5.41, 5.74) is 4.03. The van der Waals surface area contributed by atoms with E-state index < -0.39 is 11.7 Å². The average Bonchev–Trinajstić information content (AvgIpc) is 3.25. The maximum atomic E-state index is 13.7. The number of nitrogens with zero attached hydrogens (tertiary/aromatic N) is 2. The van der Waals surface area contributed by atoms with Crippen molar-refractivity contribution < 1.29 is 31.9 Å². The van der Waals surface area contributed by atoms with Gasteiger partial charge in [0.05, 0.1) is 31.2 Å². The molecular formula is C29H26F4N2O3. The van der Waals surface area contributed by atoms with Crippen molar-refractivity contribution in [3.05, 3.63) is 101 Å². The van der Waals surface area contributed by atoms with Crippen LogP contribution in [-0.2, 0) is 17.6 Å². The van der Waals surface area contributed by atoms with Gasteiger partial charge in [0.15, 0.2) is 11.5 Å². The van der Waals surface area contributed by atoms with Gasteiger partial charge in [0, 0.05) is 23.0 Å². The molecule has 0 radical (unpaired) electrons. The largest absolute Gasteiger partial charge is 0.493 e. The molecule has 0 unspecified atom stereocenters. The van der Waals surface area contributed by atoms with Crippen LogP contribution in [0.1, 0.15) is 29.3 Å². The maximum absolute atomic E-state index is 13.7. The first-order valence-corrected chi connectivity index (χ1v) is 11.7. The summed E-state index contributed by atoms with van der Waals surface area (Å²) < 4.78 is 65.5. The number of hydrogen-bond acceptors (Lipinski definition) is 4. The molecule has 38 heavy (non-hydrogen) atoms. The fourth-order valence-corrected chi connectivity index (χ4v) is 4.19. The van der Waals surface area contributed by atoms with Crippen LogP contribution in [0.4, 0.5) is 17.6 Å². The van der Waals surface area contributed by atoms with E-state index in [1.165, 1.54) is 18.2 Å². The molecule has 0 bridgehead atoms. The number of halogens is 4. The third-order valence-electron chi connectivity index (χ3n) is 6.09. The van der Waals surface area contributed by atoms with E-state index in [1.807, 2.05) is 29.7 Å². The zero-order chi connectivity index (χ0) is 27.4. The van der Waals surface area contributed by atoms with E-state index >= 15 is 0 Å². The molecule has 0 aliphatic heterocycles. The van der Waals surface area contributed by atoms with Gasteiger partial charge in [-0.15, -0.1) is 0 Å². The lowest BCUT2D eigenvalue weighted by molar-refractivity contribution is -0.137. The molecule has 0 fully saturated rings. The Morgan fingerprint density at radius 1 is 0.895 bits per heavy atom. The predicted octanol–water partition coefficient (Wildman–Crippen LogP) is 7.57. The van der Waals surface area contributed by atoms with Crippen LogP contribution in [0.25, 0.3) is 16.9 Å². The van der Waals surface area contributed by atoms with E-state index in [0.29, 0.717) is 22.8 Å². The summed E-state index contributed by atoms with van der Waals surface area (Å²) in [7, 11) is 3.11. The molecule has 9 heteroatoms. The number of oxime groups is 1. The number of rotatable bonds is 8. The Balaban J connectivity index is 1.71. The Labute approximate surface area is 217 Å². The number of aromatic nitrogens is 1. The molecule has 0 aliphatic carbocycles. The highest BCUT2D eigenvalue weighted by molar-refractivity contribution is 6.01. The number of alkyl halides is 3. The van der Waals surface area contributed by atoms with Crippen molar-refractivity contribution >= 4 is 5.71 Å². The van der Waals surface area contributed by atoms with Gasteiger partial charge >= 0.3 is 6.18 Å². The molecule has 3 aromatic carbocycles. The second-order valence-electron chi connectivity index (χ2n) is 8.56. The highest BCUT2D eigenvalue weighted by Crippen LogP contribution is 2.35. The zero-order valence-electron chi connectivity index (χ0n) is 21.3. The summed E-state index contributed by atoms with van der Waals surface area (Å²) >= 11 is 0. The smallest absolute Gasteiger partial charge is 0.416 e. The van der Waals surface area contributed by atoms with Crippen molar-refractivity contribution in [2.75, 3.05) is 14.2 Å². The lowest BCUT2D eigenvalue weighted by Gasteiger charge is -2.15. The van der Waals surface area contributed by atoms with Gasteiger partial charge in [0.25, 0.3) is 0 Å². The van der Waals surface area contributed by atoms with Crippen molar-refractivity contribution in [2.24, 2.45) is 5.16 Å². The van der Waals surface area contributed by atoms with E-state index in [-0.39, 0.29) is 12.4 Å². The Bertz CT molecular complexity index is 1460. The first kappa shape index (κ1) is 26.8. The van der Waals surface area contributed by atoms with Crippen molar-refractivity contribution in [2.45, 2.75) is 26.6 Å². The topological polar surface area (TPSA) is 45.0 Å². The van der Waals surface area contributed by atoms with E-state index in [1.54, 1.807) is 45.4 Å². The number of benzene rings is 3. The third-order valence-corrected chi connectivity index (χ3v) is 6.09. The molecule has 198 valence electrons. The van der Waals surface area contributed by atoms with Gasteiger partial charge in [0.2, 0.25) is 0 Å². The maximum Gasteiger partial charge on any atom is 0.416 e. The van der Waals surface area contributed by atoms with Gasteiger partial charge in [-0.25, -0.2) is 4.39 Å². The normalized spacial score (nSPS) is 11.9. The van der Waals surface area contributed by atoms with Crippen molar-refractivity contribution in [1.29, 1.82) is 0 Å². The van der Waals surface area contributed by atoms with Crippen LogP contribution in [-0.4, -0.2) is 24.5 Å². The average molecular weight is 527 g/mol. The molecule has 0 saturated heterocycles. The first-order chi connectivity index (χ1) is 18.1. The summed E-state index contributed by atoms with van der Waals surface area (Å²) in [6.45, 7) is 3.54. The van der Waals surface area contributed by atoms with Crippen molar-refractivity contribution in [3.8, 4) is 28.4 Å². The summed E-state index contributed by atoms with van der Waals surface area (Å²) in [6, 6.07) is 18.5.